The molecule has 0 bridgehead atoms. The average Bonchev–Trinajstić information content (AvgIpc) is 3.29. The first kappa shape index (κ1) is 27.4. The molecule has 2 saturated heterocycles. The van der Waals surface area contributed by atoms with Crippen LogP contribution in [0.1, 0.15) is 105 Å². The quantitative estimate of drug-likeness (QED) is 0.334. The summed E-state index contributed by atoms with van der Waals surface area (Å²) in [6, 6.07) is 4.97. The van der Waals surface area contributed by atoms with Gasteiger partial charge in [-0.05, 0) is 74.5 Å². The van der Waals surface area contributed by atoms with Crippen LogP contribution in [0.15, 0.2) is 18.2 Å². The van der Waals surface area contributed by atoms with Gasteiger partial charge in [-0.15, -0.1) is 0 Å². The molecule has 0 aromatic heterocycles. The summed E-state index contributed by atoms with van der Waals surface area (Å²) in [5, 5.41) is 2.35. The number of nitrogens with zero attached hydrogens (tertiary/aromatic N) is 2. The van der Waals surface area contributed by atoms with Crippen molar-refractivity contribution in [3.05, 3.63) is 34.9 Å². The standard InChI is InChI=1S/C32H41N3O4/c1-22(24-10-5-3-6-11-24)31(38)34-19-17-23(18-20-34)9-4-2-7-12-25-13-8-14-26-27(25)21-35(32(26)39)28-15-16-29(36)33-30(28)37/h8,13-14,22-24,28H,2-6,9-11,15-21H2,1H3,(H,33,36,37)/t22-,28?/m0/s1. The Hall–Kier alpha value is -3.14. The molecule has 39 heavy (non-hydrogen) atoms. The van der Waals surface area contributed by atoms with Crippen molar-refractivity contribution >= 4 is 23.6 Å². The molecule has 1 aliphatic carbocycles. The van der Waals surface area contributed by atoms with Crippen LogP contribution < -0.4 is 5.32 Å². The summed E-state index contributed by atoms with van der Waals surface area (Å²) < 4.78 is 0. The topological polar surface area (TPSA) is 86.8 Å². The highest BCUT2D eigenvalue weighted by Crippen LogP contribution is 2.33. The number of hydrogen-bond acceptors (Lipinski definition) is 4. The van der Waals surface area contributed by atoms with Crippen molar-refractivity contribution in [3.63, 3.8) is 0 Å². The third-order valence-electron chi connectivity index (χ3n) is 9.39. The zero-order valence-corrected chi connectivity index (χ0v) is 23.2. The molecular weight excluding hydrogens is 490 g/mol. The molecule has 2 atom stereocenters. The highest BCUT2D eigenvalue weighted by atomic mass is 16.2. The summed E-state index contributed by atoms with van der Waals surface area (Å²) in [4.78, 5) is 53.5. The highest BCUT2D eigenvalue weighted by Gasteiger charge is 2.39. The predicted molar refractivity (Wildman–Crippen MR) is 148 cm³/mol. The second-order valence-electron chi connectivity index (χ2n) is 11.9. The SMILES string of the molecule is C[C@H](C(=O)N1CCC(CCCC#Cc2cccc3c2CN(C2CCC(=O)NC2=O)C3=O)CC1)C1CCCCC1. The van der Waals surface area contributed by atoms with Crippen LogP contribution in [0.25, 0.3) is 0 Å². The van der Waals surface area contributed by atoms with Crippen LogP contribution >= 0.6 is 0 Å². The van der Waals surface area contributed by atoms with Gasteiger partial charge in [0, 0.05) is 49.5 Å². The van der Waals surface area contributed by atoms with E-state index in [2.05, 4.69) is 29.0 Å². The van der Waals surface area contributed by atoms with Gasteiger partial charge in [0.05, 0.1) is 0 Å². The molecule has 1 unspecified atom stereocenters. The smallest absolute Gasteiger partial charge is 0.255 e. The fraction of sp³-hybridized carbons (Fsp3) is 0.625. The third-order valence-corrected chi connectivity index (χ3v) is 9.39. The summed E-state index contributed by atoms with van der Waals surface area (Å²) in [5.74, 6) is 7.51. The molecule has 0 radical (unpaired) electrons. The third kappa shape index (κ3) is 6.21. The number of carbonyl (C=O) groups excluding carboxylic acids is 4. The molecule has 1 saturated carbocycles. The van der Waals surface area contributed by atoms with E-state index in [1.807, 2.05) is 12.1 Å². The molecule has 4 amide bonds. The number of piperidine rings is 2. The molecule has 3 fully saturated rings. The molecule has 1 N–H and O–H groups in total. The zero-order chi connectivity index (χ0) is 27.4. The number of nitrogens with one attached hydrogen (secondary N) is 1. The first-order chi connectivity index (χ1) is 18.9. The van der Waals surface area contributed by atoms with Crippen molar-refractivity contribution < 1.29 is 19.2 Å². The minimum absolute atomic E-state index is 0.166. The van der Waals surface area contributed by atoms with Gasteiger partial charge in [0.25, 0.3) is 5.91 Å². The molecule has 3 aliphatic heterocycles. The maximum atomic E-state index is 13.0. The van der Waals surface area contributed by atoms with Gasteiger partial charge in [-0.25, -0.2) is 0 Å². The lowest BCUT2D eigenvalue weighted by molar-refractivity contribution is -0.139. The Bertz CT molecular complexity index is 1170. The fourth-order valence-electron chi connectivity index (χ4n) is 6.91. The monoisotopic (exact) mass is 531 g/mol. The van der Waals surface area contributed by atoms with Gasteiger partial charge in [-0.2, -0.15) is 0 Å². The maximum absolute atomic E-state index is 13.0. The van der Waals surface area contributed by atoms with Crippen LogP contribution in [0.2, 0.25) is 0 Å². The Kier molecular flexibility index (Phi) is 8.69. The van der Waals surface area contributed by atoms with Crippen molar-refractivity contribution in [3.8, 4) is 11.8 Å². The molecular formula is C32H41N3O4. The lowest BCUT2D eigenvalue weighted by Gasteiger charge is -2.36. The van der Waals surface area contributed by atoms with Gasteiger partial charge in [0.1, 0.15) is 6.04 Å². The molecule has 7 nitrogen and oxygen atoms in total. The molecule has 3 heterocycles. The van der Waals surface area contributed by atoms with E-state index in [-0.39, 0.29) is 24.2 Å². The van der Waals surface area contributed by atoms with Crippen molar-refractivity contribution in [1.29, 1.82) is 0 Å². The van der Waals surface area contributed by atoms with E-state index in [0.29, 0.717) is 36.3 Å². The number of imide groups is 1. The second kappa shape index (κ2) is 12.4. The summed E-state index contributed by atoms with van der Waals surface area (Å²) in [5.41, 5.74) is 2.32. The van der Waals surface area contributed by atoms with Gasteiger partial charge < -0.3 is 9.80 Å². The largest absolute Gasteiger partial charge is 0.342 e. The molecule has 208 valence electrons. The average molecular weight is 532 g/mol. The van der Waals surface area contributed by atoms with Gasteiger partial charge in [-0.1, -0.05) is 44.1 Å². The minimum Gasteiger partial charge on any atom is -0.342 e. The molecule has 1 aromatic rings. The van der Waals surface area contributed by atoms with Crippen LogP contribution in [0.3, 0.4) is 0 Å². The number of benzene rings is 1. The Morgan fingerprint density at radius 3 is 2.56 bits per heavy atom. The van der Waals surface area contributed by atoms with E-state index in [1.165, 1.54) is 32.1 Å². The number of hydrogen-bond donors (Lipinski definition) is 1. The van der Waals surface area contributed by atoms with Crippen LogP contribution in [0.5, 0.6) is 0 Å². The first-order valence-corrected chi connectivity index (χ1v) is 15.0. The van der Waals surface area contributed by atoms with Crippen LogP contribution in [-0.2, 0) is 20.9 Å². The Morgan fingerprint density at radius 2 is 1.82 bits per heavy atom. The Balaban J connectivity index is 1.08. The number of carbonyl (C=O) groups is 4. The molecule has 1 aromatic carbocycles. The first-order valence-electron chi connectivity index (χ1n) is 15.0. The van der Waals surface area contributed by atoms with E-state index in [9.17, 15) is 19.2 Å². The van der Waals surface area contributed by atoms with Crippen molar-refractivity contribution in [2.45, 2.75) is 96.6 Å². The highest BCUT2D eigenvalue weighted by molar-refractivity contribution is 6.05. The zero-order valence-electron chi connectivity index (χ0n) is 23.2. The van der Waals surface area contributed by atoms with E-state index >= 15 is 0 Å². The summed E-state index contributed by atoms with van der Waals surface area (Å²) in [7, 11) is 0. The van der Waals surface area contributed by atoms with Crippen LogP contribution in [0, 0.1) is 29.6 Å². The van der Waals surface area contributed by atoms with E-state index in [1.54, 1.807) is 11.0 Å². The lowest BCUT2D eigenvalue weighted by Crippen LogP contribution is -2.52. The maximum Gasteiger partial charge on any atom is 0.255 e. The summed E-state index contributed by atoms with van der Waals surface area (Å²) >= 11 is 0. The summed E-state index contributed by atoms with van der Waals surface area (Å²) in [6.07, 6.45) is 12.0. The number of unbranched alkanes of at least 4 members (excludes halogenated alkanes) is 1. The van der Waals surface area contributed by atoms with Gasteiger partial charge in [0.2, 0.25) is 17.7 Å². The van der Waals surface area contributed by atoms with E-state index in [4.69, 9.17) is 0 Å². The molecule has 5 rings (SSSR count). The predicted octanol–water partition coefficient (Wildman–Crippen LogP) is 4.42. The van der Waals surface area contributed by atoms with Crippen molar-refractivity contribution in [2.75, 3.05) is 13.1 Å². The van der Waals surface area contributed by atoms with E-state index in [0.717, 1.165) is 56.3 Å². The van der Waals surface area contributed by atoms with Crippen molar-refractivity contribution in [2.24, 2.45) is 17.8 Å². The van der Waals surface area contributed by atoms with Gasteiger partial charge in [0.15, 0.2) is 0 Å². The summed E-state index contributed by atoms with van der Waals surface area (Å²) in [6.45, 7) is 4.27. The number of fused-ring (bicyclic) bond motifs is 1. The van der Waals surface area contributed by atoms with Crippen LogP contribution in [0.4, 0.5) is 0 Å². The van der Waals surface area contributed by atoms with Crippen LogP contribution in [-0.4, -0.2) is 52.6 Å². The molecule has 7 heteroatoms. The minimum atomic E-state index is -0.611. The van der Waals surface area contributed by atoms with E-state index < -0.39 is 11.9 Å². The molecule has 0 spiro atoms. The lowest BCUT2D eigenvalue weighted by atomic mass is 9.80. The number of amides is 4. The van der Waals surface area contributed by atoms with Gasteiger partial charge in [-0.3, -0.25) is 24.5 Å². The normalized spacial score (nSPS) is 23.2. The fourth-order valence-corrected chi connectivity index (χ4v) is 6.91. The second-order valence-corrected chi connectivity index (χ2v) is 11.9. The van der Waals surface area contributed by atoms with Gasteiger partial charge >= 0.3 is 0 Å². The Morgan fingerprint density at radius 1 is 1.05 bits per heavy atom. The van der Waals surface area contributed by atoms with Crippen molar-refractivity contribution in [1.82, 2.24) is 15.1 Å². The Labute approximate surface area is 232 Å². The number of likely N-dealkylation sites (tertiary alicyclic amines) is 1. The number of rotatable bonds is 6. The molecule has 4 aliphatic rings.